The molecule has 1 aromatic heterocycles. The van der Waals surface area contributed by atoms with Gasteiger partial charge in [-0.25, -0.2) is 4.79 Å². The van der Waals surface area contributed by atoms with Crippen molar-refractivity contribution in [3.63, 3.8) is 0 Å². The molecule has 0 radical (unpaired) electrons. The largest absolute Gasteiger partial charge is 0.463 e. The molecule has 0 N–H and O–H groups in total. The Morgan fingerprint density at radius 2 is 1.68 bits per heavy atom. The molecular weight excluding hydrogens is 439 g/mol. The average molecular weight is 455 g/mol. The highest BCUT2D eigenvalue weighted by molar-refractivity contribution is 6.30. The van der Waals surface area contributed by atoms with E-state index in [0.717, 1.165) is 11.1 Å². The van der Waals surface area contributed by atoms with E-state index in [-0.39, 0.29) is 16.8 Å². The highest BCUT2D eigenvalue weighted by Crippen LogP contribution is 2.26. The van der Waals surface area contributed by atoms with Crippen LogP contribution in [-0.4, -0.2) is 11.5 Å². The normalized spacial score (nSPS) is 11.8. The molecule has 1 atom stereocenters. The van der Waals surface area contributed by atoms with Crippen molar-refractivity contribution < 1.29 is 18.7 Å². The first kappa shape index (κ1) is 21.0. The van der Waals surface area contributed by atoms with Gasteiger partial charge >= 0.3 is 5.97 Å². The molecule has 0 aliphatic carbocycles. The number of hydrogen-bond acceptors (Lipinski definition) is 5. The predicted molar refractivity (Wildman–Crippen MR) is 120 cm³/mol. The van der Waals surface area contributed by atoms with Crippen molar-refractivity contribution in [1.82, 2.24) is 0 Å². The number of alkyl halides is 1. The van der Waals surface area contributed by atoms with Crippen molar-refractivity contribution in [3.05, 3.63) is 93.8 Å². The fourth-order valence-corrected chi connectivity index (χ4v) is 3.35. The minimum absolute atomic E-state index is 0.172. The second-order valence-corrected chi connectivity index (χ2v) is 7.59. The van der Waals surface area contributed by atoms with Gasteiger partial charge in [-0.1, -0.05) is 47.5 Å². The summed E-state index contributed by atoms with van der Waals surface area (Å²) in [5.74, 6) is -0.265. The van der Waals surface area contributed by atoms with Gasteiger partial charge < -0.3 is 13.9 Å². The van der Waals surface area contributed by atoms with Crippen LogP contribution in [0.5, 0.6) is 11.5 Å². The molecule has 0 bridgehead atoms. The van der Waals surface area contributed by atoms with Gasteiger partial charge in [-0.2, -0.15) is 0 Å². The Labute approximate surface area is 187 Å². The fraction of sp³-hybridized carbons (Fsp3) is 0.0833. The lowest BCUT2D eigenvalue weighted by molar-refractivity contribution is -0.138. The molecule has 1 unspecified atom stereocenters. The summed E-state index contributed by atoms with van der Waals surface area (Å²) < 4.78 is 16.3. The maximum absolute atomic E-state index is 12.9. The van der Waals surface area contributed by atoms with E-state index in [2.05, 4.69) is 0 Å². The summed E-state index contributed by atoms with van der Waals surface area (Å²) in [6.45, 7) is 1.93. The fourth-order valence-electron chi connectivity index (χ4n) is 3.08. The Balaban J connectivity index is 1.55. The number of carbonyl (C=O) groups excluding carboxylic acids is 1. The van der Waals surface area contributed by atoms with Crippen LogP contribution in [0.3, 0.4) is 0 Å². The molecular formula is C24H16Cl2O5. The molecule has 3 aromatic carbocycles. The quantitative estimate of drug-likeness (QED) is 0.211. The second kappa shape index (κ2) is 8.84. The maximum Gasteiger partial charge on any atom is 0.368 e. The molecule has 31 heavy (non-hydrogen) atoms. The molecule has 0 saturated heterocycles. The number of carbonyl (C=O) groups is 1. The van der Waals surface area contributed by atoms with Crippen molar-refractivity contribution in [1.29, 1.82) is 0 Å². The molecule has 4 aromatic rings. The van der Waals surface area contributed by atoms with Crippen LogP contribution in [0.2, 0.25) is 5.02 Å². The number of rotatable bonds is 5. The minimum atomic E-state index is -1.37. The van der Waals surface area contributed by atoms with Gasteiger partial charge in [-0.05, 0) is 54.4 Å². The van der Waals surface area contributed by atoms with E-state index in [0.29, 0.717) is 21.7 Å². The lowest BCUT2D eigenvalue weighted by Gasteiger charge is -2.12. The third-order valence-electron chi connectivity index (χ3n) is 4.64. The van der Waals surface area contributed by atoms with Crippen molar-refractivity contribution in [3.8, 4) is 22.6 Å². The standard InChI is InChI=1S/C24H16Cl2O5/c1-14-4-2-3-5-18(14)20-13-29-21-12-17(10-11-19(21)22(20)27)31-24(28)23(26)30-16-8-6-15(25)7-9-16/h2-13,23H,1H3. The number of ether oxygens (including phenoxy) is 2. The molecule has 0 saturated carbocycles. The highest BCUT2D eigenvalue weighted by atomic mass is 35.5. The molecule has 156 valence electrons. The van der Waals surface area contributed by atoms with Crippen LogP contribution >= 0.6 is 23.2 Å². The smallest absolute Gasteiger partial charge is 0.368 e. The summed E-state index contributed by atoms with van der Waals surface area (Å²) in [4.78, 5) is 25.2. The number of aryl methyl sites for hydroxylation is 1. The molecule has 0 aliphatic rings. The third kappa shape index (κ3) is 4.58. The molecule has 7 heteroatoms. The van der Waals surface area contributed by atoms with Gasteiger partial charge in [0, 0.05) is 11.1 Å². The first-order chi connectivity index (χ1) is 14.9. The van der Waals surface area contributed by atoms with E-state index >= 15 is 0 Å². The summed E-state index contributed by atoms with van der Waals surface area (Å²) in [5.41, 5.74) is 0.985. The number of hydrogen-bond donors (Lipinski definition) is 0. The monoisotopic (exact) mass is 454 g/mol. The Hall–Kier alpha value is -3.28. The number of halogens is 2. The number of fused-ring (bicyclic) bond motifs is 1. The van der Waals surface area contributed by atoms with Gasteiger partial charge in [-0.3, -0.25) is 4.79 Å². The van der Waals surface area contributed by atoms with Gasteiger partial charge in [-0.15, -0.1) is 0 Å². The first-order valence-corrected chi connectivity index (χ1v) is 10.1. The second-order valence-electron chi connectivity index (χ2n) is 6.76. The van der Waals surface area contributed by atoms with Crippen molar-refractivity contribution in [2.24, 2.45) is 0 Å². The van der Waals surface area contributed by atoms with E-state index in [1.165, 1.54) is 18.4 Å². The molecule has 4 rings (SSSR count). The van der Waals surface area contributed by atoms with Gasteiger partial charge in [0.05, 0.1) is 10.9 Å². The van der Waals surface area contributed by atoms with Crippen LogP contribution in [0.25, 0.3) is 22.1 Å². The molecule has 0 spiro atoms. The van der Waals surface area contributed by atoms with Gasteiger partial charge in [0.1, 0.15) is 23.3 Å². The molecule has 0 amide bonds. The Bertz CT molecular complexity index is 1310. The van der Waals surface area contributed by atoms with Gasteiger partial charge in [0.15, 0.2) is 0 Å². The van der Waals surface area contributed by atoms with Gasteiger partial charge in [0.25, 0.3) is 5.56 Å². The SMILES string of the molecule is Cc1ccccc1-c1coc2cc(OC(=O)C(Cl)Oc3ccc(Cl)cc3)ccc2c1=O. The van der Waals surface area contributed by atoms with Crippen LogP contribution in [0.15, 0.2) is 82.2 Å². The third-order valence-corrected chi connectivity index (χ3v) is 5.16. The van der Waals surface area contributed by atoms with E-state index in [1.54, 1.807) is 30.3 Å². The molecule has 0 fully saturated rings. The van der Waals surface area contributed by atoms with E-state index in [9.17, 15) is 9.59 Å². The first-order valence-electron chi connectivity index (χ1n) is 9.32. The van der Waals surface area contributed by atoms with Crippen LogP contribution in [0, 0.1) is 6.92 Å². The zero-order chi connectivity index (χ0) is 22.0. The van der Waals surface area contributed by atoms with Crippen LogP contribution < -0.4 is 14.9 Å². The maximum atomic E-state index is 12.9. The van der Waals surface area contributed by atoms with Crippen LogP contribution in [0.4, 0.5) is 0 Å². The Kier molecular flexibility index (Phi) is 5.98. The molecule has 5 nitrogen and oxygen atoms in total. The number of benzene rings is 3. The van der Waals surface area contributed by atoms with E-state index < -0.39 is 11.5 Å². The summed E-state index contributed by atoms with van der Waals surface area (Å²) >= 11 is 11.8. The van der Waals surface area contributed by atoms with Crippen molar-refractivity contribution in [2.45, 2.75) is 12.5 Å². The summed E-state index contributed by atoms with van der Waals surface area (Å²) in [5, 5.41) is 0.907. The zero-order valence-electron chi connectivity index (χ0n) is 16.3. The zero-order valence-corrected chi connectivity index (χ0v) is 17.8. The van der Waals surface area contributed by atoms with E-state index in [4.69, 9.17) is 37.1 Å². The van der Waals surface area contributed by atoms with Crippen molar-refractivity contribution >= 4 is 40.1 Å². The topological polar surface area (TPSA) is 65.7 Å². The summed E-state index contributed by atoms with van der Waals surface area (Å²) in [6, 6.07) is 18.5. The van der Waals surface area contributed by atoms with Crippen molar-refractivity contribution in [2.75, 3.05) is 0 Å². The Morgan fingerprint density at radius 3 is 2.42 bits per heavy atom. The minimum Gasteiger partial charge on any atom is -0.463 e. The Morgan fingerprint density at radius 1 is 0.968 bits per heavy atom. The lowest BCUT2D eigenvalue weighted by atomic mass is 10.0. The summed E-state index contributed by atoms with van der Waals surface area (Å²) in [6.07, 6.45) is 1.41. The van der Waals surface area contributed by atoms with Gasteiger partial charge in [0.2, 0.25) is 5.43 Å². The number of esters is 1. The predicted octanol–water partition coefficient (Wildman–Crippen LogP) is 5.97. The lowest BCUT2D eigenvalue weighted by Crippen LogP contribution is -2.26. The molecule has 0 aliphatic heterocycles. The highest BCUT2D eigenvalue weighted by Gasteiger charge is 2.20. The van der Waals surface area contributed by atoms with Crippen LogP contribution in [-0.2, 0) is 4.79 Å². The molecule has 1 heterocycles. The summed E-state index contributed by atoms with van der Waals surface area (Å²) in [7, 11) is 0. The average Bonchev–Trinajstić information content (AvgIpc) is 2.76. The van der Waals surface area contributed by atoms with Crippen LogP contribution in [0.1, 0.15) is 5.56 Å². The van der Waals surface area contributed by atoms with E-state index in [1.807, 2.05) is 31.2 Å².